The highest BCUT2D eigenvalue weighted by atomic mass is 16.3. The predicted octanol–water partition coefficient (Wildman–Crippen LogP) is 19.0. The van der Waals surface area contributed by atoms with Crippen molar-refractivity contribution >= 4 is 5.91 Å². The summed E-state index contributed by atoms with van der Waals surface area (Å²) in [5.74, 6) is -0.0751. The van der Waals surface area contributed by atoms with Crippen molar-refractivity contribution < 1.29 is 15.0 Å². The first-order valence-corrected chi connectivity index (χ1v) is 28.9. The molecule has 2 unspecified atom stereocenters. The summed E-state index contributed by atoms with van der Waals surface area (Å²) in [6, 6.07) is -0.647. The van der Waals surface area contributed by atoms with E-state index in [9.17, 15) is 15.0 Å². The van der Waals surface area contributed by atoms with Gasteiger partial charge in [0.05, 0.1) is 18.8 Å². The lowest BCUT2D eigenvalue weighted by atomic mass is 10.0. The van der Waals surface area contributed by atoms with Crippen molar-refractivity contribution in [3.05, 3.63) is 48.6 Å². The molecule has 0 aromatic heterocycles. The number of aliphatic hydroxyl groups is 2. The van der Waals surface area contributed by atoms with Gasteiger partial charge in [-0.25, -0.2) is 0 Å². The van der Waals surface area contributed by atoms with E-state index in [0.717, 1.165) is 38.5 Å². The van der Waals surface area contributed by atoms with E-state index in [1.54, 1.807) is 6.08 Å². The van der Waals surface area contributed by atoms with Crippen LogP contribution in [0.2, 0.25) is 0 Å². The van der Waals surface area contributed by atoms with Crippen LogP contribution in [0.1, 0.15) is 309 Å². The Morgan fingerprint density at radius 1 is 0.359 bits per heavy atom. The van der Waals surface area contributed by atoms with Crippen LogP contribution < -0.4 is 5.32 Å². The van der Waals surface area contributed by atoms with Crippen LogP contribution in [-0.4, -0.2) is 34.9 Å². The average Bonchev–Trinajstić information content (AvgIpc) is 3.30. The average molecular weight is 897 g/mol. The van der Waals surface area contributed by atoms with E-state index in [-0.39, 0.29) is 12.5 Å². The molecule has 0 aliphatic carbocycles. The highest BCUT2D eigenvalue weighted by molar-refractivity contribution is 5.76. The first kappa shape index (κ1) is 62.4. The standard InChI is InChI=1S/C60H113NO3/c1-3-5-7-9-11-13-15-17-19-21-23-25-27-29-30-31-32-34-36-38-40-42-44-46-48-50-52-54-56-60(64)61-58(57-62)59(63)55-53-51-49-47-45-43-41-39-37-35-33-28-26-24-22-20-18-16-14-12-10-8-6-4-2/h29-30,37,39,45,47,53,55,58-59,62-63H,3-28,31-36,38,40-44,46,48-52,54,56-57H2,1-2H3,(H,61,64)/b30-29-,39-37+,47-45+,55-53+. The quantitative estimate of drug-likeness (QED) is 0.0421. The summed E-state index contributed by atoms with van der Waals surface area (Å²) in [7, 11) is 0. The summed E-state index contributed by atoms with van der Waals surface area (Å²) in [5, 5.41) is 23.1. The van der Waals surface area contributed by atoms with Gasteiger partial charge in [-0.1, -0.05) is 281 Å². The van der Waals surface area contributed by atoms with Crippen LogP contribution >= 0.6 is 0 Å². The Hall–Kier alpha value is -1.65. The number of carbonyl (C=O) groups is 1. The lowest BCUT2D eigenvalue weighted by Crippen LogP contribution is -2.45. The largest absolute Gasteiger partial charge is 0.394 e. The molecule has 0 aliphatic rings. The van der Waals surface area contributed by atoms with Crippen molar-refractivity contribution in [1.29, 1.82) is 0 Å². The molecule has 0 saturated carbocycles. The Morgan fingerprint density at radius 3 is 0.906 bits per heavy atom. The third-order valence-corrected chi connectivity index (χ3v) is 13.3. The van der Waals surface area contributed by atoms with Gasteiger partial charge in [0, 0.05) is 6.42 Å². The van der Waals surface area contributed by atoms with Gasteiger partial charge in [0.15, 0.2) is 0 Å². The first-order chi connectivity index (χ1) is 31.7. The molecule has 0 spiro atoms. The van der Waals surface area contributed by atoms with Gasteiger partial charge in [0.1, 0.15) is 0 Å². The SMILES string of the molecule is CCCCCCCCCCCCCC/C=C\CCCCCCCCCCCCCCC(=O)NC(CO)C(O)/C=C/CC/C=C/CC/C=C/CCCCCCCCCCCCCCCC. The zero-order valence-electron chi connectivity index (χ0n) is 43.3. The summed E-state index contributed by atoms with van der Waals surface area (Å²) in [5.41, 5.74) is 0. The summed E-state index contributed by atoms with van der Waals surface area (Å²) >= 11 is 0. The number of aliphatic hydroxyl groups excluding tert-OH is 2. The van der Waals surface area contributed by atoms with Crippen LogP contribution in [0.5, 0.6) is 0 Å². The van der Waals surface area contributed by atoms with Gasteiger partial charge in [-0.3, -0.25) is 4.79 Å². The fourth-order valence-electron chi connectivity index (χ4n) is 8.86. The van der Waals surface area contributed by atoms with Crippen LogP contribution in [0.4, 0.5) is 0 Å². The van der Waals surface area contributed by atoms with E-state index in [1.807, 2.05) is 6.08 Å². The van der Waals surface area contributed by atoms with E-state index in [1.165, 1.54) is 250 Å². The van der Waals surface area contributed by atoms with Crippen LogP contribution in [0.25, 0.3) is 0 Å². The number of allylic oxidation sites excluding steroid dienone is 7. The second-order valence-electron chi connectivity index (χ2n) is 19.7. The van der Waals surface area contributed by atoms with Crippen LogP contribution in [0, 0.1) is 0 Å². The molecule has 0 bridgehead atoms. The highest BCUT2D eigenvalue weighted by Crippen LogP contribution is 2.16. The highest BCUT2D eigenvalue weighted by Gasteiger charge is 2.18. The van der Waals surface area contributed by atoms with Gasteiger partial charge >= 0.3 is 0 Å². The minimum Gasteiger partial charge on any atom is -0.394 e. The van der Waals surface area contributed by atoms with Crippen molar-refractivity contribution in [1.82, 2.24) is 5.32 Å². The maximum Gasteiger partial charge on any atom is 0.220 e. The summed E-state index contributed by atoms with van der Waals surface area (Å²) < 4.78 is 0. The van der Waals surface area contributed by atoms with Gasteiger partial charge in [-0.2, -0.15) is 0 Å². The summed E-state index contributed by atoms with van der Waals surface area (Å²) in [4.78, 5) is 12.5. The molecule has 376 valence electrons. The fraction of sp³-hybridized carbons (Fsp3) is 0.850. The van der Waals surface area contributed by atoms with Gasteiger partial charge < -0.3 is 15.5 Å². The van der Waals surface area contributed by atoms with Gasteiger partial charge in [0.25, 0.3) is 0 Å². The number of hydrogen-bond donors (Lipinski definition) is 3. The van der Waals surface area contributed by atoms with Crippen LogP contribution in [0.3, 0.4) is 0 Å². The third-order valence-electron chi connectivity index (χ3n) is 13.3. The van der Waals surface area contributed by atoms with Crippen LogP contribution in [-0.2, 0) is 4.79 Å². The zero-order chi connectivity index (χ0) is 46.3. The number of nitrogens with one attached hydrogen (secondary N) is 1. The molecule has 0 aliphatic heterocycles. The number of unbranched alkanes of at least 4 members (excludes halogenated alkanes) is 40. The second-order valence-corrected chi connectivity index (χ2v) is 19.7. The number of amides is 1. The minimum atomic E-state index is -0.872. The molecule has 0 rings (SSSR count). The molecule has 4 nitrogen and oxygen atoms in total. The van der Waals surface area contributed by atoms with Gasteiger partial charge in [-0.15, -0.1) is 0 Å². The van der Waals surface area contributed by atoms with Crippen molar-refractivity contribution in [2.75, 3.05) is 6.61 Å². The molecule has 0 saturated heterocycles. The third kappa shape index (κ3) is 51.3. The predicted molar refractivity (Wildman–Crippen MR) is 285 cm³/mol. The molecule has 0 heterocycles. The fourth-order valence-corrected chi connectivity index (χ4v) is 8.86. The maximum absolute atomic E-state index is 12.5. The first-order valence-electron chi connectivity index (χ1n) is 28.9. The number of rotatable bonds is 53. The molecule has 0 radical (unpaired) electrons. The molecule has 2 atom stereocenters. The minimum absolute atomic E-state index is 0.0751. The summed E-state index contributed by atoms with van der Waals surface area (Å²) in [6.45, 7) is 4.32. The topological polar surface area (TPSA) is 69.6 Å². The number of carbonyl (C=O) groups excluding carboxylic acids is 1. The molecular weight excluding hydrogens is 783 g/mol. The summed E-state index contributed by atoms with van der Waals surface area (Å²) in [6.07, 6.45) is 77.1. The molecule has 4 heteroatoms. The van der Waals surface area contributed by atoms with Crippen molar-refractivity contribution in [3.63, 3.8) is 0 Å². The Kier molecular flexibility index (Phi) is 54.2. The Balaban J connectivity index is 3.54. The lowest BCUT2D eigenvalue weighted by Gasteiger charge is -2.19. The van der Waals surface area contributed by atoms with E-state index >= 15 is 0 Å². The number of hydrogen-bond acceptors (Lipinski definition) is 3. The Bertz CT molecular complexity index is 1020. The Labute approximate surface area is 401 Å². The monoisotopic (exact) mass is 896 g/mol. The normalized spacial score (nSPS) is 13.1. The van der Waals surface area contributed by atoms with Crippen molar-refractivity contribution in [3.8, 4) is 0 Å². The molecule has 64 heavy (non-hydrogen) atoms. The van der Waals surface area contributed by atoms with E-state index < -0.39 is 12.1 Å². The van der Waals surface area contributed by atoms with Crippen molar-refractivity contribution in [2.24, 2.45) is 0 Å². The molecule has 3 N–H and O–H groups in total. The lowest BCUT2D eigenvalue weighted by molar-refractivity contribution is -0.123. The molecule has 0 aromatic carbocycles. The molecular formula is C60H113NO3. The van der Waals surface area contributed by atoms with E-state index in [4.69, 9.17) is 0 Å². The molecule has 0 fully saturated rings. The van der Waals surface area contributed by atoms with E-state index in [0.29, 0.717) is 6.42 Å². The second kappa shape index (κ2) is 55.7. The van der Waals surface area contributed by atoms with Crippen molar-refractivity contribution in [2.45, 2.75) is 321 Å². The van der Waals surface area contributed by atoms with Crippen LogP contribution in [0.15, 0.2) is 48.6 Å². The maximum atomic E-state index is 12.5. The molecule has 1 amide bonds. The van der Waals surface area contributed by atoms with Gasteiger partial charge in [0.2, 0.25) is 5.91 Å². The van der Waals surface area contributed by atoms with E-state index in [2.05, 4.69) is 55.6 Å². The molecule has 0 aromatic rings. The smallest absolute Gasteiger partial charge is 0.220 e. The van der Waals surface area contributed by atoms with Gasteiger partial charge in [-0.05, 0) is 70.6 Å². The Morgan fingerprint density at radius 2 is 0.609 bits per heavy atom. The zero-order valence-corrected chi connectivity index (χ0v) is 43.3.